The van der Waals surface area contributed by atoms with Crippen LogP contribution in [-0.2, 0) is 9.53 Å². The molecule has 0 heterocycles. The number of amides is 1. The van der Waals surface area contributed by atoms with Crippen molar-refractivity contribution in [2.24, 2.45) is 0 Å². The molecule has 5 nitrogen and oxygen atoms in total. The van der Waals surface area contributed by atoms with Gasteiger partial charge in [-0.05, 0) is 54.1 Å². The van der Waals surface area contributed by atoms with Gasteiger partial charge in [0.25, 0.3) is 5.91 Å². The highest BCUT2D eigenvalue weighted by Gasteiger charge is 2.20. The number of nitrogen functional groups attached to an aromatic ring is 1. The van der Waals surface area contributed by atoms with E-state index in [1.807, 2.05) is 6.92 Å². The van der Waals surface area contributed by atoms with Gasteiger partial charge < -0.3 is 15.8 Å². The fourth-order valence-corrected chi connectivity index (χ4v) is 1.87. The summed E-state index contributed by atoms with van der Waals surface area (Å²) in [6.07, 6.45) is -0.00715. The molecule has 0 bridgehead atoms. The molecule has 0 radical (unpaired) electrons. The largest absolute Gasteiger partial charge is 0.449 e. The molecule has 0 unspecified atom stereocenters. The van der Waals surface area contributed by atoms with Gasteiger partial charge in [-0.2, -0.15) is 0 Å². The maximum Gasteiger partial charge on any atom is 0.341 e. The summed E-state index contributed by atoms with van der Waals surface area (Å²) in [4.78, 5) is 23.5. The zero-order valence-electron chi connectivity index (χ0n) is 10.9. The third-order valence-corrected chi connectivity index (χ3v) is 3.11. The number of carbonyl (C=O) groups excluding carboxylic acids is 2. The number of nitrogens with two attached hydrogens (primary N) is 1. The van der Waals surface area contributed by atoms with E-state index in [0.29, 0.717) is 12.2 Å². The Kier molecular flexibility index (Phi) is 6.07. The summed E-state index contributed by atoms with van der Waals surface area (Å²) >= 11 is 2.08. The number of benzene rings is 1. The van der Waals surface area contributed by atoms with Crippen LogP contribution in [0.25, 0.3) is 0 Å². The fourth-order valence-electron chi connectivity index (χ4n) is 1.37. The van der Waals surface area contributed by atoms with Crippen LogP contribution in [0.4, 0.5) is 5.69 Å². The predicted octanol–water partition coefficient (Wildman–Crippen LogP) is 1.94. The van der Waals surface area contributed by atoms with Gasteiger partial charge in [0.1, 0.15) is 0 Å². The van der Waals surface area contributed by atoms with E-state index in [4.69, 9.17) is 10.5 Å². The highest BCUT2D eigenvalue weighted by atomic mass is 127. The maximum atomic E-state index is 11.9. The minimum Gasteiger partial charge on any atom is -0.449 e. The first-order chi connectivity index (χ1) is 8.95. The Hall–Kier alpha value is -1.31. The highest BCUT2D eigenvalue weighted by Crippen LogP contribution is 2.17. The summed E-state index contributed by atoms with van der Waals surface area (Å²) in [5, 5.41) is 2.67. The SMILES string of the molecule is CCCNC(=O)[C@H](C)OC(=O)c1cc(I)ccc1N. The van der Waals surface area contributed by atoms with Crippen molar-refractivity contribution in [3.63, 3.8) is 0 Å². The van der Waals surface area contributed by atoms with E-state index in [2.05, 4.69) is 27.9 Å². The average molecular weight is 376 g/mol. The van der Waals surface area contributed by atoms with Crippen molar-refractivity contribution in [1.82, 2.24) is 5.32 Å². The standard InChI is InChI=1S/C13H17IN2O3/c1-3-6-16-12(17)8(2)19-13(18)10-7-9(14)4-5-11(10)15/h4-5,7-8H,3,6,15H2,1-2H3,(H,16,17)/t8-/m0/s1. The zero-order valence-corrected chi connectivity index (χ0v) is 13.1. The molecule has 1 aromatic carbocycles. The number of ether oxygens (including phenoxy) is 1. The van der Waals surface area contributed by atoms with Gasteiger partial charge in [-0.3, -0.25) is 4.79 Å². The predicted molar refractivity (Wildman–Crippen MR) is 81.7 cm³/mol. The summed E-state index contributed by atoms with van der Waals surface area (Å²) in [5.74, 6) is -0.894. The quantitative estimate of drug-likeness (QED) is 0.468. The Balaban J connectivity index is 2.68. The van der Waals surface area contributed by atoms with Crippen molar-refractivity contribution < 1.29 is 14.3 Å². The van der Waals surface area contributed by atoms with Gasteiger partial charge >= 0.3 is 5.97 Å². The first-order valence-electron chi connectivity index (χ1n) is 5.99. The molecule has 0 saturated heterocycles. The first kappa shape index (κ1) is 15.7. The van der Waals surface area contributed by atoms with Crippen LogP contribution in [0, 0.1) is 3.57 Å². The van der Waals surface area contributed by atoms with Crippen LogP contribution in [0.2, 0.25) is 0 Å². The van der Waals surface area contributed by atoms with Crippen molar-refractivity contribution in [1.29, 1.82) is 0 Å². The van der Waals surface area contributed by atoms with Crippen molar-refractivity contribution in [2.75, 3.05) is 12.3 Å². The number of nitrogens with one attached hydrogen (secondary N) is 1. The molecular weight excluding hydrogens is 359 g/mol. The molecule has 3 N–H and O–H groups in total. The van der Waals surface area contributed by atoms with Crippen LogP contribution in [0.3, 0.4) is 0 Å². The van der Waals surface area contributed by atoms with Crippen LogP contribution < -0.4 is 11.1 Å². The highest BCUT2D eigenvalue weighted by molar-refractivity contribution is 14.1. The molecule has 0 aromatic heterocycles. The number of carbonyl (C=O) groups is 2. The second-order valence-corrected chi connectivity index (χ2v) is 5.32. The molecule has 6 heteroatoms. The lowest BCUT2D eigenvalue weighted by Gasteiger charge is -2.14. The number of esters is 1. The maximum absolute atomic E-state index is 11.9. The molecule has 0 aliphatic rings. The number of hydrogen-bond donors (Lipinski definition) is 2. The number of anilines is 1. The van der Waals surface area contributed by atoms with Gasteiger partial charge in [-0.15, -0.1) is 0 Å². The lowest BCUT2D eigenvalue weighted by atomic mass is 10.2. The number of halogens is 1. The molecule has 1 aromatic rings. The van der Waals surface area contributed by atoms with Crippen LogP contribution in [0.5, 0.6) is 0 Å². The summed E-state index contributed by atoms with van der Waals surface area (Å²) in [5.41, 5.74) is 6.34. The minimum atomic E-state index is -0.837. The summed E-state index contributed by atoms with van der Waals surface area (Å²) in [6.45, 7) is 4.04. The molecule has 1 atom stereocenters. The lowest BCUT2D eigenvalue weighted by molar-refractivity contribution is -0.129. The third kappa shape index (κ3) is 4.70. The van der Waals surface area contributed by atoms with E-state index < -0.39 is 12.1 Å². The summed E-state index contributed by atoms with van der Waals surface area (Å²) in [6, 6.07) is 5.07. The molecule has 0 aliphatic carbocycles. The summed E-state index contributed by atoms with van der Waals surface area (Å²) in [7, 11) is 0. The smallest absolute Gasteiger partial charge is 0.341 e. The summed E-state index contributed by atoms with van der Waals surface area (Å²) < 4.78 is 5.97. The third-order valence-electron chi connectivity index (χ3n) is 2.44. The Morgan fingerprint density at radius 3 is 2.79 bits per heavy atom. The molecule has 1 rings (SSSR count). The number of hydrogen-bond acceptors (Lipinski definition) is 4. The zero-order chi connectivity index (χ0) is 14.4. The van der Waals surface area contributed by atoms with E-state index in [1.54, 1.807) is 18.2 Å². The second-order valence-electron chi connectivity index (χ2n) is 4.07. The molecular formula is C13H17IN2O3. The molecule has 19 heavy (non-hydrogen) atoms. The van der Waals surface area contributed by atoms with E-state index in [0.717, 1.165) is 9.99 Å². The van der Waals surface area contributed by atoms with Gasteiger partial charge in [0, 0.05) is 15.8 Å². The lowest BCUT2D eigenvalue weighted by Crippen LogP contribution is -2.36. The van der Waals surface area contributed by atoms with E-state index >= 15 is 0 Å². The Morgan fingerprint density at radius 1 is 1.47 bits per heavy atom. The molecule has 104 valence electrons. The fraction of sp³-hybridized carbons (Fsp3) is 0.385. The Labute approximate surface area is 126 Å². The first-order valence-corrected chi connectivity index (χ1v) is 7.07. The molecule has 0 fully saturated rings. The van der Waals surface area contributed by atoms with Gasteiger partial charge in [-0.25, -0.2) is 4.79 Å². The topological polar surface area (TPSA) is 81.4 Å². The van der Waals surface area contributed by atoms with Crippen molar-refractivity contribution in [2.45, 2.75) is 26.4 Å². The number of rotatable bonds is 5. The van der Waals surface area contributed by atoms with Crippen LogP contribution in [0.15, 0.2) is 18.2 Å². The van der Waals surface area contributed by atoms with Crippen molar-refractivity contribution in [3.8, 4) is 0 Å². The Bertz CT molecular complexity index is 477. The Morgan fingerprint density at radius 2 is 2.16 bits per heavy atom. The average Bonchev–Trinajstić information content (AvgIpc) is 2.38. The molecule has 0 aliphatic heterocycles. The monoisotopic (exact) mass is 376 g/mol. The minimum absolute atomic E-state index is 0.280. The normalized spacial score (nSPS) is 11.7. The van der Waals surface area contributed by atoms with E-state index in [1.165, 1.54) is 6.92 Å². The van der Waals surface area contributed by atoms with Gasteiger partial charge in [0.2, 0.25) is 0 Å². The van der Waals surface area contributed by atoms with Crippen molar-refractivity contribution >= 4 is 40.2 Å². The molecule has 0 saturated carbocycles. The second kappa shape index (κ2) is 7.32. The van der Waals surface area contributed by atoms with Crippen LogP contribution in [0.1, 0.15) is 30.6 Å². The van der Waals surface area contributed by atoms with Crippen LogP contribution >= 0.6 is 22.6 Å². The molecule has 0 spiro atoms. The van der Waals surface area contributed by atoms with Gasteiger partial charge in [0.05, 0.1) is 5.56 Å². The van der Waals surface area contributed by atoms with E-state index in [9.17, 15) is 9.59 Å². The van der Waals surface area contributed by atoms with E-state index in [-0.39, 0.29) is 11.5 Å². The van der Waals surface area contributed by atoms with Crippen molar-refractivity contribution in [3.05, 3.63) is 27.3 Å². The molecule has 1 amide bonds. The van der Waals surface area contributed by atoms with Crippen LogP contribution in [-0.4, -0.2) is 24.5 Å². The van der Waals surface area contributed by atoms with Gasteiger partial charge in [-0.1, -0.05) is 6.92 Å². The van der Waals surface area contributed by atoms with Gasteiger partial charge in [0.15, 0.2) is 6.10 Å².